The Morgan fingerprint density at radius 1 is 1.32 bits per heavy atom. The van der Waals surface area contributed by atoms with Gasteiger partial charge in [0.25, 0.3) is 0 Å². The zero-order chi connectivity index (χ0) is 16.5. The van der Waals surface area contributed by atoms with Crippen LogP contribution in [0.15, 0.2) is 15.7 Å². The highest BCUT2D eigenvalue weighted by molar-refractivity contribution is 7.91. The van der Waals surface area contributed by atoms with Gasteiger partial charge in [0.1, 0.15) is 4.21 Å². The lowest BCUT2D eigenvalue weighted by molar-refractivity contribution is 0.185. The van der Waals surface area contributed by atoms with E-state index in [2.05, 4.69) is 4.72 Å². The van der Waals surface area contributed by atoms with E-state index in [1.54, 1.807) is 11.4 Å². The number of hydrogen-bond acceptors (Lipinski definition) is 6. The van der Waals surface area contributed by atoms with Gasteiger partial charge in [0.05, 0.1) is 25.0 Å². The Hall–Kier alpha value is -0.520. The van der Waals surface area contributed by atoms with Crippen LogP contribution in [-0.4, -0.2) is 60.2 Å². The average Bonchev–Trinajstić information content (AvgIpc) is 2.99. The van der Waals surface area contributed by atoms with Gasteiger partial charge in [-0.15, -0.1) is 11.3 Å². The van der Waals surface area contributed by atoms with Gasteiger partial charge in [0.2, 0.25) is 20.0 Å². The molecule has 0 saturated carbocycles. The lowest BCUT2D eigenvalue weighted by Gasteiger charge is -2.20. The van der Waals surface area contributed by atoms with Crippen LogP contribution in [-0.2, 0) is 24.8 Å². The summed E-state index contributed by atoms with van der Waals surface area (Å²) in [7, 11) is -4.15. The molecule has 2 heterocycles. The first-order valence-electron chi connectivity index (χ1n) is 6.67. The summed E-state index contributed by atoms with van der Waals surface area (Å²) < 4.78 is 57.8. The van der Waals surface area contributed by atoms with Crippen LogP contribution in [0.25, 0.3) is 0 Å². The molecule has 0 aromatic carbocycles. The lowest BCUT2D eigenvalue weighted by Crippen LogP contribution is -2.43. The number of nitrogens with one attached hydrogen (secondary N) is 1. The van der Waals surface area contributed by atoms with E-state index in [9.17, 15) is 16.8 Å². The molecule has 0 bridgehead atoms. The van der Waals surface area contributed by atoms with Gasteiger partial charge >= 0.3 is 0 Å². The molecule has 1 aliphatic heterocycles. The summed E-state index contributed by atoms with van der Waals surface area (Å²) in [5, 5.41) is 1.76. The van der Waals surface area contributed by atoms with Crippen molar-refractivity contribution < 1.29 is 21.6 Å². The number of aryl methyl sites for hydroxylation is 1. The Balaban J connectivity index is 2.12. The van der Waals surface area contributed by atoms with E-state index < -0.39 is 32.0 Å². The van der Waals surface area contributed by atoms with Crippen molar-refractivity contribution in [3.8, 4) is 0 Å². The molecular weight excluding hydrogens is 348 g/mol. The second kappa shape index (κ2) is 6.54. The topological polar surface area (TPSA) is 92.8 Å². The van der Waals surface area contributed by atoms with Gasteiger partial charge in [-0.2, -0.15) is 0 Å². The van der Waals surface area contributed by atoms with Gasteiger partial charge in [-0.05, 0) is 23.9 Å². The summed E-state index contributed by atoms with van der Waals surface area (Å²) in [5.41, 5.74) is 0.875. The smallest absolute Gasteiger partial charge is 0.250 e. The summed E-state index contributed by atoms with van der Waals surface area (Å²) in [5.74, 6) is -0.542. The standard InChI is InChI=1S/C12H20N2O5S3/c1-9-4-12(20-7-9)22(17,18)13-11-6-19-5-10(11)8-21(15,16)14(2)3/h4,7,10-11,13H,5-6,8H2,1-3H3/t10-,11-/m0/s1. The van der Waals surface area contributed by atoms with Crippen molar-refractivity contribution in [3.05, 3.63) is 17.0 Å². The zero-order valence-corrected chi connectivity index (χ0v) is 15.1. The maximum absolute atomic E-state index is 12.3. The van der Waals surface area contributed by atoms with Crippen LogP contribution in [0.4, 0.5) is 0 Å². The molecule has 1 fully saturated rings. The molecular formula is C12H20N2O5S3. The molecule has 0 unspecified atom stereocenters. The van der Waals surface area contributed by atoms with E-state index in [4.69, 9.17) is 4.74 Å². The number of hydrogen-bond donors (Lipinski definition) is 1. The normalized spacial score (nSPS) is 23.3. The third kappa shape index (κ3) is 4.06. The predicted molar refractivity (Wildman–Crippen MR) is 84.9 cm³/mol. The molecule has 0 radical (unpaired) electrons. The molecule has 22 heavy (non-hydrogen) atoms. The summed E-state index contributed by atoms with van der Waals surface area (Å²) in [6, 6.07) is 1.05. The Kier molecular flexibility index (Phi) is 5.30. The molecule has 1 aliphatic rings. The number of sulfonamides is 2. The van der Waals surface area contributed by atoms with Crippen LogP contribution in [0.5, 0.6) is 0 Å². The van der Waals surface area contributed by atoms with Crippen molar-refractivity contribution in [2.45, 2.75) is 17.2 Å². The number of rotatable bonds is 6. The summed E-state index contributed by atoms with van der Waals surface area (Å²) in [6.45, 7) is 2.22. The fourth-order valence-electron chi connectivity index (χ4n) is 2.12. The molecule has 0 amide bonds. The molecule has 2 rings (SSSR count). The zero-order valence-electron chi connectivity index (χ0n) is 12.6. The highest BCUT2D eigenvalue weighted by atomic mass is 32.2. The minimum absolute atomic E-state index is 0.142. The van der Waals surface area contributed by atoms with Crippen LogP contribution in [0.1, 0.15) is 5.56 Å². The second-order valence-corrected chi connectivity index (χ2v) is 10.6. The van der Waals surface area contributed by atoms with Gasteiger partial charge < -0.3 is 4.74 Å². The fourth-order valence-corrected chi connectivity index (χ4v) is 5.82. The van der Waals surface area contributed by atoms with Crippen molar-refractivity contribution in [1.82, 2.24) is 9.03 Å². The lowest BCUT2D eigenvalue weighted by atomic mass is 10.1. The van der Waals surface area contributed by atoms with Crippen LogP contribution < -0.4 is 4.72 Å². The fraction of sp³-hybridized carbons (Fsp3) is 0.667. The quantitative estimate of drug-likeness (QED) is 0.776. The highest BCUT2D eigenvalue weighted by Gasteiger charge is 2.36. The van der Waals surface area contributed by atoms with Gasteiger partial charge in [0, 0.05) is 20.0 Å². The van der Waals surface area contributed by atoms with E-state index in [0.29, 0.717) is 0 Å². The summed E-state index contributed by atoms with van der Waals surface area (Å²) in [4.78, 5) is 0. The van der Waals surface area contributed by atoms with Crippen LogP contribution >= 0.6 is 11.3 Å². The maximum Gasteiger partial charge on any atom is 0.250 e. The Labute approximate surface area is 135 Å². The van der Waals surface area contributed by atoms with Gasteiger partial charge in [-0.25, -0.2) is 25.9 Å². The Bertz CT molecular complexity index is 724. The number of thiophene rings is 1. The van der Waals surface area contributed by atoms with E-state index in [1.165, 1.54) is 14.1 Å². The second-order valence-electron chi connectivity index (χ2n) is 5.53. The molecule has 7 nitrogen and oxygen atoms in total. The maximum atomic E-state index is 12.3. The SMILES string of the molecule is Cc1csc(S(=O)(=O)N[C@H]2COC[C@H]2CS(=O)(=O)N(C)C)c1. The number of ether oxygens (including phenoxy) is 1. The van der Waals surface area contributed by atoms with Crippen LogP contribution in [0.3, 0.4) is 0 Å². The van der Waals surface area contributed by atoms with E-state index in [1.807, 2.05) is 6.92 Å². The van der Waals surface area contributed by atoms with Crippen molar-refractivity contribution in [2.24, 2.45) is 5.92 Å². The molecule has 10 heteroatoms. The van der Waals surface area contributed by atoms with E-state index >= 15 is 0 Å². The first kappa shape index (κ1) is 17.8. The summed E-state index contributed by atoms with van der Waals surface area (Å²) in [6.07, 6.45) is 0. The summed E-state index contributed by atoms with van der Waals surface area (Å²) >= 11 is 1.14. The third-order valence-electron chi connectivity index (χ3n) is 3.46. The average molecular weight is 369 g/mol. The van der Waals surface area contributed by atoms with Gasteiger partial charge in [-0.3, -0.25) is 0 Å². The first-order chi connectivity index (χ1) is 10.1. The monoisotopic (exact) mass is 368 g/mol. The minimum atomic E-state index is -3.65. The van der Waals surface area contributed by atoms with Crippen LogP contribution in [0, 0.1) is 12.8 Å². The molecule has 1 aromatic heterocycles. The Morgan fingerprint density at radius 3 is 2.55 bits per heavy atom. The molecule has 126 valence electrons. The van der Waals surface area contributed by atoms with Crippen molar-refractivity contribution in [2.75, 3.05) is 33.1 Å². The highest BCUT2D eigenvalue weighted by Crippen LogP contribution is 2.23. The predicted octanol–water partition coefficient (Wildman–Crippen LogP) is 0.241. The minimum Gasteiger partial charge on any atom is -0.379 e. The number of nitrogens with zero attached hydrogens (tertiary/aromatic N) is 1. The van der Waals surface area contributed by atoms with Crippen LogP contribution in [0.2, 0.25) is 0 Å². The third-order valence-corrected chi connectivity index (χ3v) is 8.47. The van der Waals surface area contributed by atoms with Gasteiger partial charge in [0.15, 0.2) is 0 Å². The van der Waals surface area contributed by atoms with E-state index in [0.717, 1.165) is 21.2 Å². The van der Waals surface area contributed by atoms with Crippen molar-refractivity contribution >= 4 is 31.4 Å². The van der Waals surface area contributed by atoms with Crippen molar-refractivity contribution in [3.63, 3.8) is 0 Å². The molecule has 1 N–H and O–H groups in total. The molecule has 0 aliphatic carbocycles. The molecule has 0 spiro atoms. The van der Waals surface area contributed by atoms with E-state index in [-0.39, 0.29) is 23.2 Å². The first-order valence-corrected chi connectivity index (χ1v) is 10.6. The largest absolute Gasteiger partial charge is 0.379 e. The Morgan fingerprint density at radius 2 is 2.00 bits per heavy atom. The molecule has 2 atom stereocenters. The van der Waals surface area contributed by atoms with Gasteiger partial charge in [-0.1, -0.05) is 0 Å². The molecule has 1 saturated heterocycles. The molecule has 1 aromatic rings. The van der Waals surface area contributed by atoms with Crippen molar-refractivity contribution in [1.29, 1.82) is 0 Å².